The average Bonchev–Trinajstić information content (AvgIpc) is 2.72. The van der Waals surface area contributed by atoms with Gasteiger partial charge in [-0.15, -0.1) is 0 Å². The Bertz CT molecular complexity index is 389. The first-order valence-corrected chi connectivity index (χ1v) is 5.29. The number of rotatable bonds is 3. The van der Waals surface area contributed by atoms with Crippen LogP contribution in [0.4, 0.5) is 0 Å². The molecule has 0 bridgehead atoms. The van der Waals surface area contributed by atoms with E-state index in [-0.39, 0.29) is 12.5 Å². The van der Waals surface area contributed by atoms with Crippen molar-refractivity contribution in [3.05, 3.63) is 11.8 Å². The Labute approximate surface area is 93.4 Å². The van der Waals surface area contributed by atoms with Crippen molar-refractivity contribution in [2.45, 2.75) is 13.0 Å². The Morgan fingerprint density at radius 2 is 2.56 bits per heavy atom. The number of aryl methyl sites for hydroxylation is 1. The molecule has 0 unspecified atom stereocenters. The summed E-state index contributed by atoms with van der Waals surface area (Å²) in [5.41, 5.74) is 0.468. The van der Waals surface area contributed by atoms with Crippen LogP contribution in [0, 0.1) is 0 Å². The Morgan fingerprint density at radius 1 is 1.75 bits per heavy atom. The van der Waals surface area contributed by atoms with Crippen molar-refractivity contribution in [1.29, 1.82) is 0 Å². The minimum Gasteiger partial charge on any atom is -0.477 e. The van der Waals surface area contributed by atoms with Gasteiger partial charge in [0.1, 0.15) is 5.56 Å². The number of aliphatic hydroxyl groups excluding tert-OH is 1. The van der Waals surface area contributed by atoms with E-state index in [1.165, 1.54) is 11.1 Å². The molecule has 2 heterocycles. The maximum absolute atomic E-state index is 11.9. The molecule has 1 N–H and O–H groups in total. The quantitative estimate of drug-likeness (QED) is 0.769. The molecule has 1 aliphatic rings. The second-order valence-electron chi connectivity index (χ2n) is 3.74. The number of fused-ring (bicyclic) bond motifs is 1. The number of aliphatic hydroxyl groups is 1. The van der Waals surface area contributed by atoms with Gasteiger partial charge in [0.05, 0.1) is 19.4 Å². The third-order valence-corrected chi connectivity index (χ3v) is 2.56. The SMILES string of the molecule is CN(CCO)C(=O)c1cnn2c1OCCC2. The second kappa shape index (κ2) is 4.52. The summed E-state index contributed by atoms with van der Waals surface area (Å²) >= 11 is 0. The van der Waals surface area contributed by atoms with Crippen LogP contribution < -0.4 is 4.74 Å². The summed E-state index contributed by atoms with van der Waals surface area (Å²) in [4.78, 5) is 13.4. The van der Waals surface area contributed by atoms with E-state index in [1.807, 2.05) is 0 Å². The third kappa shape index (κ3) is 1.88. The van der Waals surface area contributed by atoms with Gasteiger partial charge in [-0.25, -0.2) is 4.68 Å². The number of likely N-dealkylation sites (N-methyl/N-ethyl adjacent to an activating group) is 1. The van der Waals surface area contributed by atoms with Crippen LogP contribution in [-0.2, 0) is 6.54 Å². The van der Waals surface area contributed by atoms with Crippen LogP contribution in [0.15, 0.2) is 6.20 Å². The summed E-state index contributed by atoms with van der Waals surface area (Å²) in [6.07, 6.45) is 2.44. The second-order valence-corrected chi connectivity index (χ2v) is 3.74. The van der Waals surface area contributed by atoms with Gasteiger partial charge in [0.25, 0.3) is 5.91 Å². The lowest BCUT2D eigenvalue weighted by molar-refractivity contribution is 0.0760. The number of hydrogen-bond acceptors (Lipinski definition) is 4. The Hall–Kier alpha value is -1.56. The van der Waals surface area contributed by atoms with E-state index in [9.17, 15) is 4.79 Å². The molecular formula is C10H15N3O3. The minimum atomic E-state index is -0.169. The number of nitrogens with zero attached hydrogens (tertiary/aromatic N) is 3. The zero-order chi connectivity index (χ0) is 11.5. The number of hydrogen-bond donors (Lipinski definition) is 1. The van der Waals surface area contributed by atoms with Crippen molar-refractivity contribution >= 4 is 5.91 Å². The maximum atomic E-state index is 11.9. The third-order valence-electron chi connectivity index (χ3n) is 2.56. The van der Waals surface area contributed by atoms with Crippen LogP contribution in [0.3, 0.4) is 0 Å². The van der Waals surface area contributed by atoms with E-state index in [0.717, 1.165) is 13.0 Å². The van der Waals surface area contributed by atoms with Gasteiger partial charge in [-0.2, -0.15) is 5.10 Å². The van der Waals surface area contributed by atoms with Crippen molar-refractivity contribution in [3.8, 4) is 5.88 Å². The van der Waals surface area contributed by atoms with Gasteiger partial charge in [0.15, 0.2) is 0 Å². The molecule has 0 spiro atoms. The van der Waals surface area contributed by atoms with Crippen LogP contribution >= 0.6 is 0 Å². The molecule has 6 heteroatoms. The van der Waals surface area contributed by atoms with E-state index in [0.29, 0.717) is 24.6 Å². The molecule has 1 aromatic heterocycles. The molecular weight excluding hydrogens is 210 g/mol. The van der Waals surface area contributed by atoms with Gasteiger partial charge in [-0.3, -0.25) is 4.79 Å². The average molecular weight is 225 g/mol. The topological polar surface area (TPSA) is 67.6 Å². The van der Waals surface area contributed by atoms with Gasteiger partial charge in [0, 0.05) is 26.6 Å². The summed E-state index contributed by atoms with van der Waals surface area (Å²) in [5.74, 6) is 0.373. The molecule has 0 aromatic carbocycles. The maximum Gasteiger partial charge on any atom is 0.260 e. The van der Waals surface area contributed by atoms with Crippen LogP contribution in [-0.4, -0.2) is 52.5 Å². The molecule has 88 valence electrons. The van der Waals surface area contributed by atoms with Gasteiger partial charge in [0.2, 0.25) is 5.88 Å². The number of aromatic nitrogens is 2. The van der Waals surface area contributed by atoms with Crippen LogP contribution in [0.1, 0.15) is 16.8 Å². The molecule has 1 aliphatic heterocycles. The highest BCUT2D eigenvalue weighted by molar-refractivity contribution is 5.96. The highest BCUT2D eigenvalue weighted by Gasteiger charge is 2.23. The summed E-state index contributed by atoms with van der Waals surface area (Å²) in [5, 5.41) is 12.9. The normalized spacial score (nSPS) is 14.1. The number of ether oxygens (including phenoxy) is 1. The Kier molecular flexibility index (Phi) is 3.09. The molecule has 0 radical (unpaired) electrons. The van der Waals surface area contributed by atoms with E-state index >= 15 is 0 Å². The van der Waals surface area contributed by atoms with Crippen molar-refractivity contribution in [2.75, 3.05) is 26.8 Å². The predicted octanol–water partition coefficient (Wildman–Crippen LogP) is -0.270. The Balaban J connectivity index is 2.20. The van der Waals surface area contributed by atoms with E-state index < -0.39 is 0 Å². The summed E-state index contributed by atoms with van der Waals surface area (Å²) < 4.78 is 7.13. The van der Waals surface area contributed by atoms with E-state index in [4.69, 9.17) is 9.84 Å². The first kappa shape index (κ1) is 10.9. The van der Waals surface area contributed by atoms with Gasteiger partial charge >= 0.3 is 0 Å². The fraction of sp³-hybridized carbons (Fsp3) is 0.600. The summed E-state index contributed by atoms with van der Waals surface area (Å²) in [6.45, 7) is 1.66. The van der Waals surface area contributed by atoms with Gasteiger partial charge in [-0.1, -0.05) is 0 Å². The van der Waals surface area contributed by atoms with Crippen LogP contribution in [0.5, 0.6) is 5.88 Å². The number of amides is 1. The fourth-order valence-corrected chi connectivity index (χ4v) is 1.67. The van der Waals surface area contributed by atoms with Crippen LogP contribution in [0.2, 0.25) is 0 Å². The van der Waals surface area contributed by atoms with Gasteiger partial charge < -0.3 is 14.7 Å². The summed E-state index contributed by atoms with van der Waals surface area (Å²) in [6, 6.07) is 0. The van der Waals surface area contributed by atoms with Crippen molar-refractivity contribution < 1.29 is 14.6 Å². The van der Waals surface area contributed by atoms with Crippen molar-refractivity contribution in [3.63, 3.8) is 0 Å². The van der Waals surface area contributed by atoms with E-state index in [1.54, 1.807) is 11.7 Å². The largest absolute Gasteiger partial charge is 0.477 e. The smallest absolute Gasteiger partial charge is 0.260 e. The summed E-state index contributed by atoms with van der Waals surface area (Å²) in [7, 11) is 1.64. The van der Waals surface area contributed by atoms with Crippen molar-refractivity contribution in [1.82, 2.24) is 14.7 Å². The fourth-order valence-electron chi connectivity index (χ4n) is 1.67. The highest BCUT2D eigenvalue weighted by atomic mass is 16.5. The molecule has 1 amide bonds. The zero-order valence-electron chi connectivity index (χ0n) is 9.22. The predicted molar refractivity (Wildman–Crippen MR) is 56.4 cm³/mol. The van der Waals surface area contributed by atoms with E-state index in [2.05, 4.69) is 5.10 Å². The standard InChI is InChI=1S/C10H15N3O3/c1-12(4-5-14)9(15)8-7-11-13-3-2-6-16-10(8)13/h7,14H,2-6H2,1H3. The molecule has 0 saturated carbocycles. The molecule has 0 saturated heterocycles. The lowest BCUT2D eigenvalue weighted by atomic mass is 10.3. The molecule has 1 aromatic rings. The zero-order valence-corrected chi connectivity index (χ0v) is 9.22. The van der Waals surface area contributed by atoms with Crippen molar-refractivity contribution in [2.24, 2.45) is 0 Å². The van der Waals surface area contributed by atoms with Gasteiger partial charge in [-0.05, 0) is 0 Å². The number of carbonyl (C=O) groups is 1. The molecule has 2 rings (SSSR count). The number of carbonyl (C=O) groups excluding carboxylic acids is 1. The molecule has 0 aliphatic carbocycles. The first-order valence-electron chi connectivity index (χ1n) is 5.29. The lowest BCUT2D eigenvalue weighted by Gasteiger charge is -2.18. The highest BCUT2D eigenvalue weighted by Crippen LogP contribution is 2.23. The molecule has 6 nitrogen and oxygen atoms in total. The first-order chi connectivity index (χ1) is 7.74. The van der Waals surface area contributed by atoms with Crippen LogP contribution in [0.25, 0.3) is 0 Å². The molecule has 0 atom stereocenters. The molecule has 0 fully saturated rings. The molecule has 16 heavy (non-hydrogen) atoms. The lowest BCUT2D eigenvalue weighted by Crippen LogP contribution is -2.30. The Morgan fingerprint density at radius 3 is 3.31 bits per heavy atom. The monoisotopic (exact) mass is 225 g/mol. The minimum absolute atomic E-state index is 0.0490.